The van der Waals surface area contributed by atoms with E-state index < -0.39 is 5.54 Å². The Morgan fingerprint density at radius 2 is 1.88 bits per heavy atom. The molecule has 0 unspecified atom stereocenters. The van der Waals surface area contributed by atoms with Gasteiger partial charge in [0.15, 0.2) is 5.78 Å². The van der Waals surface area contributed by atoms with Crippen LogP contribution in [0.25, 0.3) is 0 Å². The predicted molar refractivity (Wildman–Crippen MR) is 70.8 cm³/mol. The van der Waals surface area contributed by atoms with E-state index in [0.717, 1.165) is 5.56 Å². The second kappa shape index (κ2) is 6.89. The molecule has 1 rings (SSSR count). The van der Waals surface area contributed by atoms with Gasteiger partial charge in [-0.05, 0) is 13.8 Å². The Bertz CT molecular complexity index is 325. The van der Waals surface area contributed by atoms with E-state index in [1.807, 2.05) is 44.2 Å². The Labute approximate surface area is 108 Å². The van der Waals surface area contributed by atoms with E-state index >= 15 is 0 Å². The van der Waals surface area contributed by atoms with Crippen LogP contribution >= 0.6 is 24.0 Å². The van der Waals surface area contributed by atoms with Gasteiger partial charge in [0.2, 0.25) is 0 Å². The van der Waals surface area contributed by atoms with Crippen LogP contribution in [0.15, 0.2) is 30.3 Å². The molecule has 16 heavy (non-hydrogen) atoms. The minimum atomic E-state index is -0.559. The Morgan fingerprint density at radius 1 is 1.31 bits per heavy atom. The molecule has 0 bridgehead atoms. The highest BCUT2D eigenvalue weighted by atomic mass is 35.5. The van der Waals surface area contributed by atoms with Crippen LogP contribution in [-0.2, 0) is 0 Å². The molecule has 0 heterocycles. The lowest BCUT2D eigenvalue weighted by Gasteiger charge is -2.24. The maximum absolute atomic E-state index is 12.1. The average molecular weight is 262 g/mol. The van der Waals surface area contributed by atoms with Crippen molar-refractivity contribution in [1.29, 1.82) is 0 Å². The molecule has 0 radical (unpaired) electrons. The molecule has 0 aliphatic rings. The Balaban J connectivity index is 0.00000225. The lowest BCUT2D eigenvalue weighted by molar-refractivity contribution is 0.0884. The van der Waals surface area contributed by atoms with E-state index in [0.29, 0.717) is 12.4 Å². The van der Waals surface area contributed by atoms with Crippen molar-refractivity contribution < 1.29 is 4.79 Å². The lowest BCUT2D eigenvalue weighted by Crippen LogP contribution is -2.47. The SMILES string of the molecule is CC(C)(NCCCl)C(=O)c1ccccc1.Cl. The molecule has 0 fully saturated rings. The number of hydrogen-bond acceptors (Lipinski definition) is 2. The first-order valence-electron chi connectivity index (χ1n) is 4.99. The first-order valence-corrected chi connectivity index (χ1v) is 5.52. The highest BCUT2D eigenvalue weighted by molar-refractivity contribution is 6.18. The first-order chi connectivity index (χ1) is 7.08. The van der Waals surface area contributed by atoms with Crippen molar-refractivity contribution in [2.75, 3.05) is 12.4 Å². The summed E-state index contributed by atoms with van der Waals surface area (Å²) >= 11 is 5.58. The fraction of sp³-hybridized carbons (Fsp3) is 0.417. The number of nitrogens with one attached hydrogen (secondary N) is 1. The number of halogens is 2. The number of carbonyl (C=O) groups excluding carboxylic acids is 1. The quantitative estimate of drug-likeness (QED) is 0.653. The Kier molecular flexibility index (Phi) is 6.65. The number of ketones is 1. The molecule has 0 atom stereocenters. The van der Waals surface area contributed by atoms with Crippen molar-refractivity contribution >= 4 is 29.8 Å². The summed E-state index contributed by atoms with van der Waals surface area (Å²) in [7, 11) is 0. The fourth-order valence-corrected chi connectivity index (χ4v) is 1.48. The zero-order valence-electron chi connectivity index (χ0n) is 9.50. The lowest BCUT2D eigenvalue weighted by atomic mass is 9.93. The van der Waals surface area contributed by atoms with Crippen molar-refractivity contribution in [3.05, 3.63) is 35.9 Å². The summed E-state index contributed by atoms with van der Waals surface area (Å²) in [5.74, 6) is 0.596. The molecule has 1 aromatic carbocycles. The molecule has 0 aliphatic carbocycles. The molecule has 1 N–H and O–H groups in total. The number of hydrogen-bond donors (Lipinski definition) is 1. The van der Waals surface area contributed by atoms with Crippen LogP contribution < -0.4 is 5.32 Å². The van der Waals surface area contributed by atoms with Crippen LogP contribution in [0.4, 0.5) is 0 Å². The van der Waals surface area contributed by atoms with Gasteiger partial charge in [-0.25, -0.2) is 0 Å². The van der Waals surface area contributed by atoms with Crippen LogP contribution in [0.1, 0.15) is 24.2 Å². The summed E-state index contributed by atoms with van der Waals surface area (Å²) < 4.78 is 0. The number of rotatable bonds is 5. The van der Waals surface area contributed by atoms with E-state index in [1.165, 1.54) is 0 Å². The van der Waals surface area contributed by atoms with Gasteiger partial charge in [0.1, 0.15) is 0 Å². The van der Waals surface area contributed by atoms with Gasteiger partial charge in [0, 0.05) is 18.0 Å². The third kappa shape index (κ3) is 4.12. The van der Waals surface area contributed by atoms with Crippen LogP contribution in [0, 0.1) is 0 Å². The topological polar surface area (TPSA) is 29.1 Å². The smallest absolute Gasteiger partial charge is 0.182 e. The molecule has 0 aliphatic heterocycles. The summed E-state index contributed by atoms with van der Waals surface area (Å²) in [5, 5.41) is 3.13. The second-order valence-corrected chi connectivity index (χ2v) is 4.31. The van der Waals surface area contributed by atoms with Gasteiger partial charge in [0.05, 0.1) is 5.54 Å². The number of carbonyl (C=O) groups is 1. The minimum absolute atomic E-state index is 0. The van der Waals surface area contributed by atoms with Gasteiger partial charge < -0.3 is 5.32 Å². The van der Waals surface area contributed by atoms with Gasteiger partial charge in [-0.1, -0.05) is 30.3 Å². The standard InChI is InChI=1S/C12H16ClNO.ClH/c1-12(2,14-9-8-13)11(15)10-6-4-3-5-7-10;/h3-7,14H,8-9H2,1-2H3;1H. The van der Waals surface area contributed by atoms with Crippen molar-refractivity contribution in [3.63, 3.8) is 0 Å². The number of alkyl halides is 1. The first kappa shape index (κ1) is 15.4. The van der Waals surface area contributed by atoms with Gasteiger partial charge in [-0.15, -0.1) is 24.0 Å². The van der Waals surface area contributed by atoms with E-state index in [-0.39, 0.29) is 18.2 Å². The third-order valence-corrected chi connectivity index (χ3v) is 2.45. The maximum Gasteiger partial charge on any atom is 0.182 e. The highest BCUT2D eigenvalue weighted by Crippen LogP contribution is 2.12. The largest absolute Gasteiger partial charge is 0.304 e. The van der Waals surface area contributed by atoms with Crippen molar-refractivity contribution in [3.8, 4) is 0 Å². The Morgan fingerprint density at radius 3 is 2.38 bits per heavy atom. The molecule has 0 spiro atoms. The minimum Gasteiger partial charge on any atom is -0.304 e. The van der Waals surface area contributed by atoms with Gasteiger partial charge in [-0.2, -0.15) is 0 Å². The molecule has 4 heteroatoms. The molecule has 0 saturated heterocycles. The molecule has 2 nitrogen and oxygen atoms in total. The molecule has 0 saturated carbocycles. The Hall–Kier alpha value is -0.570. The summed E-state index contributed by atoms with van der Waals surface area (Å²) in [6, 6.07) is 9.28. The third-order valence-electron chi connectivity index (χ3n) is 2.27. The van der Waals surface area contributed by atoms with Gasteiger partial charge in [-0.3, -0.25) is 4.79 Å². The van der Waals surface area contributed by atoms with E-state index in [1.54, 1.807) is 0 Å². The number of benzene rings is 1. The zero-order chi connectivity index (χ0) is 11.3. The molecular formula is C12H17Cl2NO. The average Bonchev–Trinajstić information content (AvgIpc) is 2.26. The van der Waals surface area contributed by atoms with Crippen LogP contribution in [0.2, 0.25) is 0 Å². The summed E-state index contributed by atoms with van der Waals surface area (Å²) in [6.07, 6.45) is 0. The predicted octanol–water partition coefficient (Wildman–Crippen LogP) is 2.90. The zero-order valence-corrected chi connectivity index (χ0v) is 11.1. The van der Waals surface area contributed by atoms with Crippen LogP contribution in [-0.4, -0.2) is 23.7 Å². The van der Waals surface area contributed by atoms with Gasteiger partial charge >= 0.3 is 0 Å². The fourth-order valence-electron chi connectivity index (χ4n) is 1.39. The van der Waals surface area contributed by atoms with E-state index in [4.69, 9.17) is 11.6 Å². The van der Waals surface area contributed by atoms with Crippen molar-refractivity contribution in [1.82, 2.24) is 5.32 Å². The van der Waals surface area contributed by atoms with Crippen LogP contribution in [0.3, 0.4) is 0 Å². The van der Waals surface area contributed by atoms with Crippen LogP contribution in [0.5, 0.6) is 0 Å². The summed E-state index contributed by atoms with van der Waals surface area (Å²) in [5.41, 5.74) is 0.167. The molecule has 0 amide bonds. The van der Waals surface area contributed by atoms with Gasteiger partial charge in [0.25, 0.3) is 0 Å². The summed E-state index contributed by atoms with van der Waals surface area (Å²) in [6.45, 7) is 4.37. The molecular weight excluding hydrogens is 245 g/mol. The molecule has 1 aromatic rings. The van der Waals surface area contributed by atoms with Crippen molar-refractivity contribution in [2.24, 2.45) is 0 Å². The highest BCUT2D eigenvalue weighted by Gasteiger charge is 2.27. The molecule has 0 aromatic heterocycles. The van der Waals surface area contributed by atoms with E-state index in [2.05, 4.69) is 5.32 Å². The monoisotopic (exact) mass is 261 g/mol. The number of Topliss-reactive ketones (excluding diaryl/α,β-unsaturated/α-hetero) is 1. The van der Waals surface area contributed by atoms with Crippen molar-refractivity contribution in [2.45, 2.75) is 19.4 Å². The molecule has 90 valence electrons. The normalized spacial score (nSPS) is 10.7. The second-order valence-electron chi connectivity index (χ2n) is 3.94. The maximum atomic E-state index is 12.1. The van der Waals surface area contributed by atoms with E-state index in [9.17, 15) is 4.79 Å². The summed E-state index contributed by atoms with van der Waals surface area (Å²) in [4.78, 5) is 12.1.